The number of rotatable bonds is 7. The van der Waals surface area contributed by atoms with Crippen LogP contribution in [0.2, 0.25) is 0 Å². The lowest BCUT2D eigenvalue weighted by molar-refractivity contribution is -0.122. The van der Waals surface area contributed by atoms with Gasteiger partial charge in [-0.1, -0.05) is 13.0 Å². The Hall–Kier alpha value is -2.27. The average Bonchev–Trinajstić information content (AvgIpc) is 2.53. The fourth-order valence-corrected chi connectivity index (χ4v) is 2.48. The van der Waals surface area contributed by atoms with Crippen molar-refractivity contribution >= 4 is 5.91 Å². The molecule has 2 heterocycles. The van der Waals surface area contributed by atoms with E-state index in [0.29, 0.717) is 13.1 Å². The highest BCUT2D eigenvalue weighted by molar-refractivity contribution is 5.78. The van der Waals surface area contributed by atoms with E-state index in [1.807, 2.05) is 56.3 Å². The number of hydrogen-bond donors (Lipinski definition) is 1. The van der Waals surface area contributed by atoms with Crippen LogP contribution in [0.5, 0.6) is 0 Å². The zero-order chi connectivity index (χ0) is 16.7. The van der Waals surface area contributed by atoms with Crippen molar-refractivity contribution in [1.29, 1.82) is 0 Å². The number of carbonyl (C=O) groups excluding carboxylic acids is 1. The van der Waals surface area contributed by atoms with Gasteiger partial charge in [0.05, 0.1) is 18.3 Å². The van der Waals surface area contributed by atoms with Crippen LogP contribution in [0, 0.1) is 6.92 Å². The van der Waals surface area contributed by atoms with Gasteiger partial charge in [0.25, 0.3) is 0 Å². The molecule has 2 rings (SSSR count). The van der Waals surface area contributed by atoms with E-state index in [1.165, 1.54) is 0 Å². The first-order valence-corrected chi connectivity index (χ1v) is 7.88. The Morgan fingerprint density at radius 2 is 2.17 bits per heavy atom. The summed E-state index contributed by atoms with van der Waals surface area (Å²) >= 11 is 0. The Morgan fingerprint density at radius 1 is 1.35 bits per heavy atom. The van der Waals surface area contributed by atoms with Gasteiger partial charge in [0.1, 0.15) is 0 Å². The van der Waals surface area contributed by atoms with Crippen LogP contribution in [0.25, 0.3) is 0 Å². The van der Waals surface area contributed by atoms with Crippen LogP contribution in [0.3, 0.4) is 0 Å². The molecule has 1 amide bonds. The Bertz CT molecular complexity index is 630. The van der Waals surface area contributed by atoms with Crippen LogP contribution < -0.4 is 5.32 Å². The van der Waals surface area contributed by atoms with Gasteiger partial charge in [-0.15, -0.1) is 0 Å². The zero-order valence-corrected chi connectivity index (χ0v) is 14.0. The van der Waals surface area contributed by atoms with Gasteiger partial charge in [-0.3, -0.25) is 19.7 Å². The standard InChI is InChI=1S/C18H24N4O/c1-4-16(17-10-14(2)7-9-20-17)21-18(23)13-22(3)12-15-6-5-8-19-11-15/h5-11,16H,4,12-13H2,1-3H3,(H,21,23). The van der Waals surface area contributed by atoms with E-state index in [1.54, 1.807) is 12.4 Å². The lowest BCUT2D eigenvalue weighted by Crippen LogP contribution is -2.37. The van der Waals surface area contributed by atoms with E-state index in [-0.39, 0.29) is 11.9 Å². The van der Waals surface area contributed by atoms with Gasteiger partial charge in [-0.05, 0) is 49.7 Å². The third-order valence-electron chi connectivity index (χ3n) is 3.63. The molecule has 0 fully saturated rings. The number of nitrogens with zero attached hydrogens (tertiary/aromatic N) is 3. The fraction of sp³-hybridized carbons (Fsp3) is 0.389. The molecule has 0 radical (unpaired) electrons. The van der Waals surface area contributed by atoms with E-state index in [2.05, 4.69) is 15.3 Å². The molecule has 122 valence electrons. The van der Waals surface area contributed by atoms with E-state index < -0.39 is 0 Å². The van der Waals surface area contributed by atoms with E-state index in [9.17, 15) is 4.79 Å². The molecule has 0 aliphatic carbocycles. The number of aryl methyl sites for hydroxylation is 1. The molecule has 1 atom stereocenters. The van der Waals surface area contributed by atoms with Crippen molar-refractivity contribution in [2.45, 2.75) is 32.9 Å². The lowest BCUT2D eigenvalue weighted by Gasteiger charge is -2.20. The molecule has 0 saturated carbocycles. The van der Waals surface area contributed by atoms with Crippen LogP contribution in [-0.4, -0.2) is 34.4 Å². The summed E-state index contributed by atoms with van der Waals surface area (Å²) in [5, 5.41) is 3.07. The Labute approximate surface area is 137 Å². The predicted octanol–water partition coefficient (Wildman–Crippen LogP) is 2.48. The minimum atomic E-state index is -0.0470. The maximum absolute atomic E-state index is 12.3. The molecule has 1 N–H and O–H groups in total. The average molecular weight is 312 g/mol. The second-order valence-electron chi connectivity index (χ2n) is 5.82. The molecule has 2 aromatic heterocycles. The molecule has 0 spiro atoms. The monoisotopic (exact) mass is 312 g/mol. The molecule has 0 aliphatic rings. The number of hydrogen-bond acceptors (Lipinski definition) is 4. The van der Waals surface area contributed by atoms with Crippen LogP contribution in [-0.2, 0) is 11.3 Å². The van der Waals surface area contributed by atoms with Crippen molar-refractivity contribution in [1.82, 2.24) is 20.2 Å². The first-order valence-electron chi connectivity index (χ1n) is 7.88. The van der Waals surface area contributed by atoms with Crippen molar-refractivity contribution in [3.63, 3.8) is 0 Å². The predicted molar refractivity (Wildman–Crippen MR) is 90.7 cm³/mol. The van der Waals surface area contributed by atoms with Crippen LogP contribution in [0.15, 0.2) is 42.9 Å². The molecule has 0 saturated heterocycles. The quantitative estimate of drug-likeness (QED) is 0.853. The number of amides is 1. The summed E-state index contributed by atoms with van der Waals surface area (Å²) in [6.07, 6.45) is 6.17. The van der Waals surface area contributed by atoms with Gasteiger partial charge in [0.15, 0.2) is 0 Å². The molecule has 0 aromatic carbocycles. The smallest absolute Gasteiger partial charge is 0.234 e. The third-order valence-corrected chi connectivity index (χ3v) is 3.63. The fourth-order valence-electron chi connectivity index (χ4n) is 2.48. The van der Waals surface area contributed by atoms with Gasteiger partial charge in [-0.2, -0.15) is 0 Å². The molecular weight excluding hydrogens is 288 g/mol. The summed E-state index contributed by atoms with van der Waals surface area (Å²) in [4.78, 5) is 22.7. The number of carbonyl (C=O) groups is 1. The number of nitrogens with one attached hydrogen (secondary N) is 1. The highest BCUT2D eigenvalue weighted by atomic mass is 16.2. The topological polar surface area (TPSA) is 58.1 Å². The van der Waals surface area contributed by atoms with Crippen molar-refractivity contribution in [2.75, 3.05) is 13.6 Å². The molecule has 0 aliphatic heterocycles. The third kappa shape index (κ3) is 5.45. The maximum Gasteiger partial charge on any atom is 0.234 e. The first-order chi connectivity index (χ1) is 11.1. The van der Waals surface area contributed by atoms with Crippen molar-refractivity contribution in [3.05, 3.63) is 59.7 Å². The van der Waals surface area contributed by atoms with Gasteiger partial charge >= 0.3 is 0 Å². The Balaban J connectivity index is 1.89. The molecule has 5 heteroatoms. The Kier molecular flexibility index (Phi) is 6.23. The van der Waals surface area contributed by atoms with Crippen LogP contribution >= 0.6 is 0 Å². The summed E-state index contributed by atoms with van der Waals surface area (Å²) in [6, 6.07) is 7.84. The highest BCUT2D eigenvalue weighted by Crippen LogP contribution is 2.15. The summed E-state index contributed by atoms with van der Waals surface area (Å²) in [6.45, 7) is 5.12. The van der Waals surface area contributed by atoms with Crippen molar-refractivity contribution in [2.24, 2.45) is 0 Å². The molecule has 5 nitrogen and oxygen atoms in total. The normalized spacial score (nSPS) is 12.2. The van der Waals surface area contributed by atoms with E-state index in [0.717, 1.165) is 23.2 Å². The van der Waals surface area contributed by atoms with Crippen LogP contribution in [0.1, 0.15) is 36.2 Å². The van der Waals surface area contributed by atoms with E-state index >= 15 is 0 Å². The molecular formula is C18H24N4O. The Morgan fingerprint density at radius 3 is 2.83 bits per heavy atom. The SMILES string of the molecule is CCC(NC(=O)CN(C)Cc1cccnc1)c1cc(C)ccn1. The van der Waals surface area contributed by atoms with Crippen LogP contribution in [0.4, 0.5) is 0 Å². The molecule has 23 heavy (non-hydrogen) atoms. The largest absolute Gasteiger partial charge is 0.347 e. The second kappa shape index (κ2) is 8.39. The first kappa shape index (κ1) is 17.1. The minimum absolute atomic E-state index is 0.00606. The van der Waals surface area contributed by atoms with E-state index in [4.69, 9.17) is 0 Å². The van der Waals surface area contributed by atoms with Gasteiger partial charge in [0, 0.05) is 25.1 Å². The summed E-state index contributed by atoms with van der Waals surface area (Å²) < 4.78 is 0. The van der Waals surface area contributed by atoms with Gasteiger partial charge in [0.2, 0.25) is 5.91 Å². The van der Waals surface area contributed by atoms with Crippen molar-refractivity contribution in [3.8, 4) is 0 Å². The summed E-state index contributed by atoms with van der Waals surface area (Å²) in [5.41, 5.74) is 3.15. The molecule has 2 aromatic rings. The zero-order valence-electron chi connectivity index (χ0n) is 14.0. The second-order valence-corrected chi connectivity index (χ2v) is 5.82. The lowest BCUT2D eigenvalue weighted by atomic mass is 10.1. The maximum atomic E-state index is 12.3. The number of pyridine rings is 2. The molecule has 0 bridgehead atoms. The van der Waals surface area contributed by atoms with Gasteiger partial charge < -0.3 is 5.32 Å². The van der Waals surface area contributed by atoms with Crippen molar-refractivity contribution < 1.29 is 4.79 Å². The molecule has 1 unspecified atom stereocenters. The summed E-state index contributed by atoms with van der Waals surface area (Å²) in [5.74, 6) is 0.00606. The minimum Gasteiger partial charge on any atom is -0.347 e. The number of likely N-dealkylation sites (N-methyl/N-ethyl adjacent to an activating group) is 1. The highest BCUT2D eigenvalue weighted by Gasteiger charge is 2.15. The summed E-state index contributed by atoms with van der Waals surface area (Å²) in [7, 11) is 1.93. The number of aromatic nitrogens is 2. The van der Waals surface area contributed by atoms with Gasteiger partial charge in [-0.25, -0.2) is 0 Å².